The van der Waals surface area contributed by atoms with Crippen molar-refractivity contribution < 1.29 is 9.90 Å². The van der Waals surface area contributed by atoms with Crippen LogP contribution >= 0.6 is 0 Å². The number of aromatic amines is 1. The van der Waals surface area contributed by atoms with Crippen LogP contribution in [0.3, 0.4) is 0 Å². The first-order valence-electron chi connectivity index (χ1n) is 8.45. The second-order valence-electron chi connectivity index (χ2n) is 6.32. The van der Waals surface area contributed by atoms with Crippen LogP contribution in [-0.4, -0.2) is 38.8 Å². The Bertz CT molecular complexity index is 939. The Kier molecular flexibility index (Phi) is 4.04. The topological polar surface area (TPSA) is 94.1 Å². The van der Waals surface area contributed by atoms with E-state index in [1.165, 1.54) is 0 Å². The largest absolute Gasteiger partial charge is 0.508 e. The molecule has 3 N–H and O–H groups in total. The quantitative estimate of drug-likeness (QED) is 0.673. The number of anilines is 2. The van der Waals surface area contributed by atoms with E-state index in [0.717, 1.165) is 22.5 Å². The number of nitrogens with one attached hydrogen (secondary N) is 2. The molecule has 4 rings (SSSR count). The third kappa shape index (κ3) is 2.99. The molecule has 0 spiro atoms. The molecule has 132 valence electrons. The molecular formula is C19H19N5O2. The summed E-state index contributed by atoms with van der Waals surface area (Å²) in [5.41, 5.74) is 3.53. The first-order valence-corrected chi connectivity index (χ1v) is 8.45. The van der Waals surface area contributed by atoms with Crippen molar-refractivity contribution in [2.24, 2.45) is 0 Å². The van der Waals surface area contributed by atoms with Crippen LogP contribution in [0.4, 0.5) is 11.5 Å². The van der Waals surface area contributed by atoms with Gasteiger partial charge in [-0.05, 0) is 37.6 Å². The normalized spacial score (nSPS) is 16.9. The number of nitrogens with zero attached hydrogens (tertiary/aromatic N) is 3. The van der Waals surface area contributed by atoms with Crippen LogP contribution in [0, 0.1) is 6.92 Å². The minimum Gasteiger partial charge on any atom is -0.508 e. The zero-order valence-electron chi connectivity index (χ0n) is 14.3. The summed E-state index contributed by atoms with van der Waals surface area (Å²) >= 11 is 0. The lowest BCUT2D eigenvalue weighted by Gasteiger charge is -2.18. The molecule has 1 saturated heterocycles. The van der Waals surface area contributed by atoms with Gasteiger partial charge in [-0.1, -0.05) is 6.07 Å². The number of amides is 1. The van der Waals surface area contributed by atoms with Gasteiger partial charge in [0.1, 0.15) is 17.6 Å². The Morgan fingerprint density at radius 3 is 2.92 bits per heavy atom. The maximum absolute atomic E-state index is 12.8. The van der Waals surface area contributed by atoms with Crippen LogP contribution in [0.1, 0.15) is 12.1 Å². The van der Waals surface area contributed by atoms with Gasteiger partial charge in [0.2, 0.25) is 0 Å². The second kappa shape index (κ2) is 6.51. The highest BCUT2D eigenvalue weighted by Gasteiger charge is 2.33. The molecule has 0 bridgehead atoms. The Morgan fingerprint density at radius 2 is 2.19 bits per heavy atom. The van der Waals surface area contributed by atoms with Gasteiger partial charge in [0.15, 0.2) is 0 Å². The van der Waals surface area contributed by atoms with Gasteiger partial charge in [-0.15, -0.1) is 0 Å². The fourth-order valence-corrected chi connectivity index (χ4v) is 3.24. The average molecular weight is 349 g/mol. The van der Waals surface area contributed by atoms with Crippen molar-refractivity contribution in [3.8, 4) is 16.9 Å². The average Bonchev–Trinajstić information content (AvgIpc) is 3.26. The first kappa shape index (κ1) is 16.1. The minimum absolute atomic E-state index is 0.0173. The maximum Gasteiger partial charge on any atom is 0.250 e. The highest BCUT2D eigenvalue weighted by molar-refractivity contribution is 6.00. The number of hydrogen-bond donors (Lipinski definition) is 3. The Hall–Kier alpha value is -3.35. The molecule has 0 radical (unpaired) electrons. The predicted molar refractivity (Wildman–Crippen MR) is 99.0 cm³/mol. The molecule has 1 aromatic carbocycles. The summed E-state index contributed by atoms with van der Waals surface area (Å²) in [5, 5.41) is 19.5. The third-order valence-electron chi connectivity index (χ3n) is 4.55. The molecule has 1 atom stereocenters. The zero-order valence-corrected chi connectivity index (χ0v) is 14.3. The van der Waals surface area contributed by atoms with Crippen molar-refractivity contribution in [3.63, 3.8) is 0 Å². The van der Waals surface area contributed by atoms with E-state index in [2.05, 4.69) is 20.5 Å². The molecule has 1 aliphatic rings. The number of H-pyrrole nitrogens is 1. The lowest BCUT2D eigenvalue weighted by atomic mass is 10.1. The molecule has 1 aliphatic heterocycles. The summed E-state index contributed by atoms with van der Waals surface area (Å²) in [6.07, 6.45) is 4.25. The number of pyridine rings is 1. The number of rotatable bonds is 4. The van der Waals surface area contributed by atoms with Crippen molar-refractivity contribution >= 4 is 17.4 Å². The summed E-state index contributed by atoms with van der Waals surface area (Å²) in [7, 11) is 0. The molecule has 1 amide bonds. The van der Waals surface area contributed by atoms with Crippen molar-refractivity contribution in [2.75, 3.05) is 16.8 Å². The highest BCUT2D eigenvalue weighted by Crippen LogP contribution is 2.27. The molecule has 0 aliphatic carbocycles. The zero-order chi connectivity index (χ0) is 18.1. The van der Waals surface area contributed by atoms with Crippen molar-refractivity contribution in [1.82, 2.24) is 15.2 Å². The van der Waals surface area contributed by atoms with E-state index in [1.54, 1.807) is 29.3 Å². The number of phenolic OH excluding ortho intramolecular Hbond substituents is 1. The van der Waals surface area contributed by atoms with E-state index in [-0.39, 0.29) is 17.7 Å². The van der Waals surface area contributed by atoms with Crippen molar-refractivity contribution in [3.05, 3.63) is 54.5 Å². The molecule has 1 fully saturated rings. The van der Waals surface area contributed by atoms with E-state index < -0.39 is 0 Å². The van der Waals surface area contributed by atoms with Gasteiger partial charge in [0.05, 0.1) is 6.20 Å². The van der Waals surface area contributed by atoms with Gasteiger partial charge in [0, 0.05) is 41.3 Å². The fraction of sp³-hybridized carbons (Fsp3) is 0.211. The van der Waals surface area contributed by atoms with E-state index in [0.29, 0.717) is 18.8 Å². The minimum atomic E-state index is -0.326. The Morgan fingerprint density at radius 1 is 1.31 bits per heavy atom. The van der Waals surface area contributed by atoms with Crippen LogP contribution in [0.15, 0.2) is 48.8 Å². The first-order chi connectivity index (χ1) is 12.6. The van der Waals surface area contributed by atoms with Gasteiger partial charge < -0.3 is 10.4 Å². The van der Waals surface area contributed by atoms with Crippen molar-refractivity contribution in [2.45, 2.75) is 19.4 Å². The van der Waals surface area contributed by atoms with Crippen LogP contribution in [0.25, 0.3) is 11.1 Å². The molecule has 0 saturated carbocycles. The second-order valence-corrected chi connectivity index (χ2v) is 6.32. The van der Waals surface area contributed by atoms with E-state index >= 15 is 0 Å². The van der Waals surface area contributed by atoms with E-state index in [1.807, 2.05) is 31.3 Å². The number of hydrogen-bond acceptors (Lipinski definition) is 5. The number of carbonyl (C=O) groups is 1. The van der Waals surface area contributed by atoms with E-state index in [9.17, 15) is 9.90 Å². The Labute approximate surface area is 150 Å². The molecular weight excluding hydrogens is 330 g/mol. The molecule has 3 heterocycles. The lowest BCUT2D eigenvalue weighted by Crippen LogP contribution is -2.34. The number of aromatic nitrogens is 3. The number of benzene rings is 1. The van der Waals surface area contributed by atoms with E-state index in [4.69, 9.17) is 0 Å². The van der Waals surface area contributed by atoms with Gasteiger partial charge in [-0.25, -0.2) is 4.98 Å². The van der Waals surface area contributed by atoms with Crippen LogP contribution in [-0.2, 0) is 4.79 Å². The van der Waals surface area contributed by atoms with Gasteiger partial charge >= 0.3 is 0 Å². The van der Waals surface area contributed by atoms with Crippen LogP contribution in [0.2, 0.25) is 0 Å². The highest BCUT2D eigenvalue weighted by atomic mass is 16.3. The van der Waals surface area contributed by atoms with Gasteiger partial charge in [-0.2, -0.15) is 5.10 Å². The van der Waals surface area contributed by atoms with Crippen LogP contribution in [0.5, 0.6) is 5.75 Å². The number of phenols is 1. The maximum atomic E-state index is 12.8. The molecule has 7 heteroatoms. The summed E-state index contributed by atoms with van der Waals surface area (Å²) in [4.78, 5) is 19.1. The summed E-state index contributed by atoms with van der Waals surface area (Å²) in [6.45, 7) is 2.53. The van der Waals surface area contributed by atoms with Gasteiger partial charge in [0.25, 0.3) is 5.91 Å². The van der Waals surface area contributed by atoms with Crippen LogP contribution < -0.4 is 10.2 Å². The lowest BCUT2D eigenvalue weighted by molar-refractivity contribution is -0.117. The SMILES string of the molecule is Cc1nc(N2CCC(Nc3cccc(O)c3)C2=O)ccc1-c1cn[nH]c1. The predicted octanol–water partition coefficient (Wildman–Crippen LogP) is 2.70. The molecule has 26 heavy (non-hydrogen) atoms. The fourth-order valence-electron chi connectivity index (χ4n) is 3.24. The number of aromatic hydroxyl groups is 1. The number of carbonyl (C=O) groups excluding carboxylic acids is 1. The number of aryl methyl sites for hydroxylation is 1. The van der Waals surface area contributed by atoms with Crippen molar-refractivity contribution in [1.29, 1.82) is 0 Å². The summed E-state index contributed by atoms with van der Waals surface area (Å²) < 4.78 is 0. The standard InChI is InChI=1S/C19H19N5O2/c1-12-16(13-10-20-21-11-13)5-6-18(22-12)24-8-7-17(19(24)26)23-14-3-2-4-15(25)9-14/h2-6,9-11,17,23,25H,7-8H2,1H3,(H,20,21). The van der Waals surface area contributed by atoms with Gasteiger partial charge in [-0.3, -0.25) is 14.8 Å². The monoisotopic (exact) mass is 349 g/mol. The third-order valence-corrected chi connectivity index (χ3v) is 4.55. The summed E-state index contributed by atoms with van der Waals surface area (Å²) in [6, 6.07) is 10.3. The molecule has 1 unspecified atom stereocenters. The smallest absolute Gasteiger partial charge is 0.250 e. The molecule has 7 nitrogen and oxygen atoms in total. The molecule has 3 aromatic rings. The summed E-state index contributed by atoms with van der Waals surface area (Å²) in [5.74, 6) is 0.806. The molecule has 2 aromatic heterocycles. The Balaban J connectivity index is 1.52.